The topological polar surface area (TPSA) is 56.9 Å². The third kappa shape index (κ3) is 3.37. The van der Waals surface area contributed by atoms with E-state index >= 15 is 0 Å². The Labute approximate surface area is 142 Å². The van der Waals surface area contributed by atoms with Crippen molar-refractivity contribution in [1.29, 1.82) is 0 Å². The highest BCUT2D eigenvalue weighted by Gasteiger charge is 2.28. The molecular weight excluding hydrogens is 304 g/mol. The number of rotatable bonds is 5. The van der Waals surface area contributed by atoms with Gasteiger partial charge < -0.3 is 14.4 Å². The lowest BCUT2D eigenvalue weighted by atomic mass is 10.1. The lowest BCUT2D eigenvalue weighted by molar-refractivity contribution is 0.0450. The van der Waals surface area contributed by atoms with Crippen molar-refractivity contribution in [3.05, 3.63) is 48.4 Å². The molecule has 1 aliphatic rings. The first-order valence-corrected chi connectivity index (χ1v) is 8.51. The Kier molecular flexibility index (Phi) is 5.33. The summed E-state index contributed by atoms with van der Waals surface area (Å²) in [7, 11) is 0. The van der Waals surface area contributed by atoms with Crippen LogP contribution in [0.1, 0.15) is 23.9 Å². The molecule has 5 heteroatoms. The van der Waals surface area contributed by atoms with Crippen LogP contribution in [-0.2, 0) is 0 Å². The summed E-state index contributed by atoms with van der Waals surface area (Å²) in [5.41, 5.74) is 1.82. The van der Waals surface area contributed by atoms with Crippen molar-refractivity contribution < 1.29 is 14.3 Å². The number of carbonyl (C=O) groups is 1. The van der Waals surface area contributed by atoms with Crippen LogP contribution in [0.5, 0.6) is 0 Å². The van der Waals surface area contributed by atoms with Crippen molar-refractivity contribution >= 4 is 5.91 Å². The number of hydrogen-bond donors (Lipinski definition) is 1. The molecule has 1 N–H and O–H groups in total. The number of furan rings is 1. The molecule has 0 radical (unpaired) electrons. The fraction of sp³-hybridized carbons (Fsp3) is 0.421. The first-order valence-electron chi connectivity index (χ1n) is 8.51. The number of piperazine rings is 1. The molecule has 5 nitrogen and oxygen atoms in total. The second kappa shape index (κ2) is 7.64. The van der Waals surface area contributed by atoms with Crippen molar-refractivity contribution in [1.82, 2.24) is 9.80 Å². The smallest absolute Gasteiger partial charge is 0.290 e. The third-order valence-electron chi connectivity index (χ3n) is 4.74. The molecule has 1 fully saturated rings. The van der Waals surface area contributed by atoms with Crippen molar-refractivity contribution in [3.8, 4) is 11.1 Å². The van der Waals surface area contributed by atoms with Crippen LogP contribution in [0.2, 0.25) is 0 Å². The van der Waals surface area contributed by atoms with E-state index in [1.165, 1.54) is 0 Å². The monoisotopic (exact) mass is 328 g/mol. The average molecular weight is 328 g/mol. The number of benzene rings is 1. The van der Waals surface area contributed by atoms with Crippen molar-refractivity contribution in [2.45, 2.75) is 19.4 Å². The molecule has 1 saturated heterocycles. The van der Waals surface area contributed by atoms with Crippen LogP contribution in [0.4, 0.5) is 0 Å². The largest absolute Gasteiger partial charge is 0.459 e. The zero-order chi connectivity index (χ0) is 16.9. The summed E-state index contributed by atoms with van der Waals surface area (Å²) in [5, 5.41) is 9.43. The van der Waals surface area contributed by atoms with E-state index in [0.29, 0.717) is 18.8 Å². The molecule has 24 heavy (non-hydrogen) atoms. The molecule has 1 aromatic carbocycles. The molecule has 1 atom stereocenters. The minimum atomic E-state index is -0.0597. The van der Waals surface area contributed by atoms with Crippen molar-refractivity contribution in [3.63, 3.8) is 0 Å². The van der Waals surface area contributed by atoms with Gasteiger partial charge in [-0.3, -0.25) is 9.69 Å². The molecule has 1 unspecified atom stereocenters. The first kappa shape index (κ1) is 16.7. The van der Waals surface area contributed by atoms with E-state index in [-0.39, 0.29) is 18.6 Å². The molecule has 1 aromatic heterocycles. The van der Waals surface area contributed by atoms with Crippen LogP contribution in [-0.4, -0.2) is 59.6 Å². The maximum Gasteiger partial charge on any atom is 0.290 e. The average Bonchev–Trinajstić information content (AvgIpc) is 3.13. The Morgan fingerprint density at radius 1 is 1.17 bits per heavy atom. The van der Waals surface area contributed by atoms with E-state index in [2.05, 4.69) is 11.8 Å². The van der Waals surface area contributed by atoms with Crippen LogP contribution in [0.25, 0.3) is 11.1 Å². The molecule has 0 aliphatic carbocycles. The Morgan fingerprint density at radius 2 is 1.88 bits per heavy atom. The number of carbonyl (C=O) groups excluding carboxylic acids is 1. The van der Waals surface area contributed by atoms with Gasteiger partial charge >= 0.3 is 0 Å². The summed E-state index contributed by atoms with van der Waals surface area (Å²) < 4.78 is 5.51. The zero-order valence-corrected chi connectivity index (χ0v) is 14.0. The fourth-order valence-electron chi connectivity index (χ4n) is 3.26. The van der Waals surface area contributed by atoms with Crippen LogP contribution in [0.15, 0.2) is 47.1 Å². The van der Waals surface area contributed by atoms with Gasteiger partial charge in [-0.1, -0.05) is 37.3 Å². The van der Waals surface area contributed by atoms with Gasteiger partial charge in [-0.2, -0.15) is 0 Å². The van der Waals surface area contributed by atoms with Gasteiger partial charge in [0, 0.05) is 37.8 Å². The predicted molar refractivity (Wildman–Crippen MR) is 92.8 cm³/mol. The SMILES string of the molecule is CCC(CO)N1CCN(C(=O)c2occc2-c2ccccc2)CC1. The maximum absolute atomic E-state index is 12.8. The van der Waals surface area contributed by atoms with Crippen LogP contribution < -0.4 is 0 Å². The number of amides is 1. The van der Waals surface area contributed by atoms with E-state index < -0.39 is 0 Å². The fourth-order valence-corrected chi connectivity index (χ4v) is 3.26. The quantitative estimate of drug-likeness (QED) is 0.916. The van der Waals surface area contributed by atoms with Crippen LogP contribution in [0, 0.1) is 0 Å². The van der Waals surface area contributed by atoms with Gasteiger partial charge in [-0.05, 0) is 18.1 Å². The van der Waals surface area contributed by atoms with Crippen molar-refractivity contribution in [2.24, 2.45) is 0 Å². The van der Waals surface area contributed by atoms with E-state index in [4.69, 9.17) is 4.42 Å². The lowest BCUT2D eigenvalue weighted by Gasteiger charge is -2.38. The Bertz CT molecular complexity index is 656. The second-order valence-electron chi connectivity index (χ2n) is 6.10. The Morgan fingerprint density at radius 3 is 2.50 bits per heavy atom. The van der Waals surface area contributed by atoms with Gasteiger partial charge in [0.2, 0.25) is 0 Å². The van der Waals surface area contributed by atoms with Crippen molar-refractivity contribution in [2.75, 3.05) is 32.8 Å². The lowest BCUT2D eigenvalue weighted by Crippen LogP contribution is -2.52. The summed E-state index contributed by atoms with van der Waals surface area (Å²) in [6.45, 7) is 5.13. The predicted octanol–water partition coefficient (Wildman–Crippen LogP) is 2.48. The molecule has 0 saturated carbocycles. The van der Waals surface area contributed by atoms with E-state index in [9.17, 15) is 9.90 Å². The molecule has 0 spiro atoms. The summed E-state index contributed by atoms with van der Waals surface area (Å²) >= 11 is 0. The van der Waals surface area contributed by atoms with Gasteiger partial charge in [-0.15, -0.1) is 0 Å². The minimum Gasteiger partial charge on any atom is -0.459 e. The Hall–Kier alpha value is -2.11. The van der Waals surface area contributed by atoms with Gasteiger partial charge in [-0.25, -0.2) is 0 Å². The minimum absolute atomic E-state index is 0.0597. The molecule has 128 valence electrons. The molecule has 2 heterocycles. The number of aliphatic hydroxyl groups is 1. The van der Waals surface area contributed by atoms with E-state index in [1.807, 2.05) is 41.3 Å². The Balaban J connectivity index is 1.70. The van der Waals surface area contributed by atoms with Gasteiger partial charge in [0.05, 0.1) is 12.9 Å². The second-order valence-corrected chi connectivity index (χ2v) is 6.10. The normalized spacial score (nSPS) is 17.0. The van der Waals surface area contributed by atoms with Gasteiger partial charge in [0.25, 0.3) is 5.91 Å². The highest BCUT2D eigenvalue weighted by molar-refractivity contribution is 5.98. The third-order valence-corrected chi connectivity index (χ3v) is 4.74. The zero-order valence-electron chi connectivity index (χ0n) is 14.0. The van der Waals surface area contributed by atoms with E-state index in [1.54, 1.807) is 6.26 Å². The van der Waals surface area contributed by atoms with Crippen LogP contribution in [0.3, 0.4) is 0 Å². The number of hydrogen-bond acceptors (Lipinski definition) is 4. The number of aliphatic hydroxyl groups excluding tert-OH is 1. The highest BCUT2D eigenvalue weighted by Crippen LogP contribution is 2.26. The summed E-state index contributed by atoms with van der Waals surface area (Å²) in [4.78, 5) is 16.9. The summed E-state index contributed by atoms with van der Waals surface area (Å²) in [6, 6.07) is 11.8. The van der Waals surface area contributed by atoms with Crippen LogP contribution >= 0.6 is 0 Å². The van der Waals surface area contributed by atoms with Gasteiger partial charge in [0.1, 0.15) is 0 Å². The summed E-state index contributed by atoms with van der Waals surface area (Å²) in [6.07, 6.45) is 2.49. The van der Waals surface area contributed by atoms with E-state index in [0.717, 1.165) is 30.6 Å². The first-order chi connectivity index (χ1) is 11.7. The molecule has 2 aromatic rings. The standard InChI is InChI=1S/C19H24N2O3/c1-2-16(14-22)20-9-11-21(12-10-20)19(23)18-17(8-13-24-18)15-6-4-3-5-7-15/h3-8,13,16,22H,2,9-12,14H2,1H3. The maximum atomic E-state index is 12.8. The highest BCUT2D eigenvalue weighted by atomic mass is 16.3. The molecule has 1 amide bonds. The number of nitrogens with zero attached hydrogens (tertiary/aromatic N) is 2. The molecular formula is C19H24N2O3. The van der Waals surface area contributed by atoms with Gasteiger partial charge in [0.15, 0.2) is 5.76 Å². The molecule has 0 bridgehead atoms. The summed E-state index contributed by atoms with van der Waals surface area (Å²) in [5.74, 6) is 0.347. The molecule has 3 rings (SSSR count). The molecule has 1 aliphatic heterocycles.